The van der Waals surface area contributed by atoms with E-state index in [1.54, 1.807) is 12.1 Å². The number of hydrogen-bond donors (Lipinski definition) is 2. The van der Waals surface area contributed by atoms with Gasteiger partial charge in [0, 0.05) is 23.7 Å². The van der Waals surface area contributed by atoms with E-state index in [2.05, 4.69) is 43.5 Å². The highest BCUT2D eigenvalue weighted by molar-refractivity contribution is 5.67. The van der Waals surface area contributed by atoms with Crippen LogP contribution in [0.25, 0.3) is 0 Å². The molecule has 0 bridgehead atoms. The molecule has 7 nitrogen and oxygen atoms in total. The third-order valence-electron chi connectivity index (χ3n) is 5.13. The first-order valence-corrected chi connectivity index (χ1v) is 10.5. The van der Waals surface area contributed by atoms with Gasteiger partial charge in [-0.25, -0.2) is 9.48 Å². The molecule has 0 spiro atoms. The zero-order valence-electron chi connectivity index (χ0n) is 18.4. The third kappa shape index (κ3) is 5.32. The average Bonchev–Trinajstić information content (AvgIpc) is 3.28. The lowest BCUT2D eigenvalue weighted by atomic mass is 10.0. The molecule has 0 aliphatic heterocycles. The van der Waals surface area contributed by atoms with Crippen molar-refractivity contribution in [3.8, 4) is 6.07 Å². The second kappa shape index (κ2) is 8.78. The number of nitrogens with zero attached hydrogens (tertiary/aromatic N) is 3. The quantitative estimate of drug-likeness (QED) is 0.723. The lowest BCUT2D eigenvalue weighted by Gasteiger charge is -2.23. The molecule has 1 aliphatic carbocycles. The standard InChI is InChI=1S/C23H31N5O2/c1-15(2)25-22(29)30-19-11-8-17(12-19)20-13-21(28(27-20)23(3,4)5)26-18-9-6-16(14-24)7-10-18/h6-7,9-10,13,15,17,19,26H,8,11-12H2,1-5H3,(H,25,29)/t17-,19+/m0/s1. The number of carbonyl (C=O) groups is 1. The van der Waals surface area contributed by atoms with E-state index in [0.29, 0.717) is 5.56 Å². The van der Waals surface area contributed by atoms with Gasteiger partial charge in [-0.3, -0.25) is 0 Å². The van der Waals surface area contributed by atoms with Crippen molar-refractivity contribution in [1.29, 1.82) is 5.26 Å². The zero-order valence-corrected chi connectivity index (χ0v) is 18.4. The van der Waals surface area contributed by atoms with Crippen LogP contribution in [0.2, 0.25) is 0 Å². The van der Waals surface area contributed by atoms with E-state index in [1.165, 1.54) is 0 Å². The molecule has 1 saturated carbocycles. The predicted octanol–water partition coefficient (Wildman–Crippen LogP) is 5.02. The summed E-state index contributed by atoms with van der Waals surface area (Å²) in [7, 11) is 0. The number of nitrogens with one attached hydrogen (secondary N) is 2. The SMILES string of the molecule is CC(C)NC(=O)O[C@@H]1CC[C@H](c2cc(Nc3ccc(C#N)cc3)n(C(C)(C)C)n2)C1. The zero-order chi connectivity index (χ0) is 21.9. The van der Waals surface area contributed by atoms with Crippen LogP contribution in [-0.4, -0.2) is 28.0 Å². The van der Waals surface area contributed by atoms with Crippen molar-refractivity contribution in [1.82, 2.24) is 15.1 Å². The number of ether oxygens (including phenoxy) is 1. The Hall–Kier alpha value is -3.01. The Balaban J connectivity index is 1.74. The molecule has 1 aromatic carbocycles. The summed E-state index contributed by atoms with van der Waals surface area (Å²) in [5.74, 6) is 1.16. The highest BCUT2D eigenvalue weighted by Gasteiger charge is 2.32. The van der Waals surface area contributed by atoms with Crippen LogP contribution in [0.15, 0.2) is 30.3 Å². The molecule has 3 rings (SSSR count). The highest BCUT2D eigenvalue weighted by atomic mass is 16.6. The van der Waals surface area contributed by atoms with Gasteiger partial charge in [0.1, 0.15) is 11.9 Å². The van der Waals surface area contributed by atoms with Crippen LogP contribution < -0.4 is 10.6 Å². The van der Waals surface area contributed by atoms with Gasteiger partial charge in [0.05, 0.1) is 22.9 Å². The molecule has 160 valence electrons. The molecule has 2 atom stereocenters. The Bertz CT molecular complexity index is 919. The maximum atomic E-state index is 11.9. The first-order valence-electron chi connectivity index (χ1n) is 10.5. The number of aromatic nitrogens is 2. The molecule has 0 radical (unpaired) electrons. The molecular formula is C23H31N5O2. The van der Waals surface area contributed by atoms with Gasteiger partial charge >= 0.3 is 6.09 Å². The number of anilines is 2. The minimum absolute atomic E-state index is 0.0630. The predicted molar refractivity (Wildman–Crippen MR) is 117 cm³/mol. The fraction of sp³-hybridized carbons (Fsp3) is 0.522. The fourth-order valence-electron chi connectivity index (χ4n) is 3.71. The van der Waals surface area contributed by atoms with Crippen molar-refractivity contribution >= 4 is 17.6 Å². The molecule has 1 heterocycles. The molecule has 1 aromatic heterocycles. The minimum atomic E-state index is -0.348. The first kappa shape index (κ1) is 21.7. The molecule has 0 unspecified atom stereocenters. The number of carbonyl (C=O) groups excluding carboxylic acids is 1. The van der Waals surface area contributed by atoms with E-state index in [-0.39, 0.29) is 29.7 Å². The average molecular weight is 410 g/mol. The van der Waals surface area contributed by atoms with Crippen molar-refractivity contribution in [2.45, 2.75) is 77.5 Å². The van der Waals surface area contributed by atoms with Crippen LogP contribution in [0.4, 0.5) is 16.3 Å². The van der Waals surface area contributed by atoms with Crippen molar-refractivity contribution < 1.29 is 9.53 Å². The molecule has 30 heavy (non-hydrogen) atoms. The van der Waals surface area contributed by atoms with Gasteiger partial charge in [-0.2, -0.15) is 10.4 Å². The van der Waals surface area contributed by atoms with Crippen LogP contribution in [0.5, 0.6) is 0 Å². The normalized spacial score (nSPS) is 18.8. The number of benzene rings is 1. The number of alkyl carbamates (subject to hydrolysis) is 1. The molecule has 1 fully saturated rings. The smallest absolute Gasteiger partial charge is 0.407 e. The van der Waals surface area contributed by atoms with Crippen LogP contribution in [0.3, 0.4) is 0 Å². The monoisotopic (exact) mass is 409 g/mol. The van der Waals surface area contributed by atoms with Gasteiger partial charge in [-0.15, -0.1) is 0 Å². The van der Waals surface area contributed by atoms with Gasteiger partial charge in [-0.1, -0.05) is 0 Å². The van der Waals surface area contributed by atoms with E-state index >= 15 is 0 Å². The minimum Gasteiger partial charge on any atom is -0.446 e. The van der Waals surface area contributed by atoms with Crippen molar-refractivity contribution in [3.63, 3.8) is 0 Å². The van der Waals surface area contributed by atoms with Gasteiger partial charge in [-0.05, 0) is 78.1 Å². The van der Waals surface area contributed by atoms with Crippen LogP contribution in [0, 0.1) is 11.3 Å². The van der Waals surface area contributed by atoms with Gasteiger partial charge < -0.3 is 15.4 Å². The summed E-state index contributed by atoms with van der Waals surface area (Å²) < 4.78 is 7.57. The molecular weight excluding hydrogens is 378 g/mol. The Morgan fingerprint density at radius 2 is 1.97 bits per heavy atom. The highest BCUT2D eigenvalue weighted by Crippen LogP contribution is 2.37. The summed E-state index contributed by atoms with van der Waals surface area (Å²) in [5.41, 5.74) is 2.35. The van der Waals surface area contributed by atoms with E-state index in [9.17, 15) is 4.79 Å². The van der Waals surface area contributed by atoms with E-state index in [0.717, 1.165) is 36.5 Å². The third-order valence-corrected chi connectivity index (χ3v) is 5.13. The van der Waals surface area contributed by atoms with Crippen molar-refractivity contribution in [3.05, 3.63) is 41.6 Å². The Labute approximate surface area is 178 Å². The molecule has 0 saturated heterocycles. The fourth-order valence-corrected chi connectivity index (χ4v) is 3.71. The molecule has 2 aromatic rings. The number of amides is 1. The molecule has 1 aliphatic rings. The second-order valence-corrected chi connectivity index (χ2v) is 9.19. The summed E-state index contributed by atoms with van der Waals surface area (Å²) in [6.07, 6.45) is 2.14. The first-order chi connectivity index (χ1) is 14.2. The summed E-state index contributed by atoms with van der Waals surface area (Å²) >= 11 is 0. The second-order valence-electron chi connectivity index (χ2n) is 9.19. The van der Waals surface area contributed by atoms with Crippen LogP contribution in [0.1, 0.15) is 71.1 Å². The maximum Gasteiger partial charge on any atom is 0.407 e. The van der Waals surface area contributed by atoms with E-state index in [1.807, 2.05) is 30.7 Å². The molecule has 2 N–H and O–H groups in total. The Morgan fingerprint density at radius 3 is 2.57 bits per heavy atom. The van der Waals surface area contributed by atoms with Crippen LogP contribution >= 0.6 is 0 Å². The Morgan fingerprint density at radius 1 is 1.27 bits per heavy atom. The van der Waals surface area contributed by atoms with Gasteiger partial charge in [0.2, 0.25) is 0 Å². The van der Waals surface area contributed by atoms with E-state index < -0.39 is 0 Å². The lowest BCUT2D eigenvalue weighted by molar-refractivity contribution is 0.0981. The summed E-state index contributed by atoms with van der Waals surface area (Å²) in [5, 5.41) is 20.1. The molecule has 7 heteroatoms. The molecule has 1 amide bonds. The van der Waals surface area contributed by atoms with Crippen LogP contribution in [-0.2, 0) is 10.3 Å². The van der Waals surface area contributed by atoms with Crippen molar-refractivity contribution in [2.75, 3.05) is 5.32 Å². The van der Waals surface area contributed by atoms with Gasteiger partial charge in [0.25, 0.3) is 0 Å². The summed E-state index contributed by atoms with van der Waals surface area (Å²) in [4.78, 5) is 11.9. The van der Waals surface area contributed by atoms with Gasteiger partial charge in [0.15, 0.2) is 0 Å². The number of hydrogen-bond acceptors (Lipinski definition) is 5. The number of rotatable bonds is 5. The van der Waals surface area contributed by atoms with Crippen molar-refractivity contribution in [2.24, 2.45) is 0 Å². The topological polar surface area (TPSA) is 92.0 Å². The lowest BCUT2D eigenvalue weighted by Crippen LogP contribution is -2.33. The summed E-state index contributed by atoms with van der Waals surface area (Å²) in [6.45, 7) is 10.2. The number of nitriles is 1. The largest absolute Gasteiger partial charge is 0.446 e. The van der Waals surface area contributed by atoms with E-state index in [4.69, 9.17) is 15.1 Å². The Kier molecular flexibility index (Phi) is 6.35. The summed E-state index contributed by atoms with van der Waals surface area (Å²) in [6, 6.07) is 11.7. The maximum absolute atomic E-state index is 11.9.